The van der Waals surface area contributed by atoms with E-state index in [0.717, 1.165) is 0 Å². The number of nitrogens with one attached hydrogen (secondary N) is 1. The van der Waals surface area contributed by atoms with E-state index in [1.807, 2.05) is 0 Å². The first kappa shape index (κ1) is 7.60. The number of rotatable bonds is 1. The van der Waals surface area contributed by atoms with E-state index in [1.165, 1.54) is 11.8 Å². The lowest BCUT2D eigenvalue weighted by Crippen LogP contribution is -2.27. The molecular weight excluding hydrogens is 150 g/mol. The third kappa shape index (κ3) is 1.50. The highest BCUT2D eigenvalue weighted by atomic mass is 32.2. The molecule has 0 aromatic rings. The van der Waals surface area contributed by atoms with Crippen LogP contribution in [0.5, 0.6) is 0 Å². The van der Waals surface area contributed by atoms with Crippen LogP contribution in [0.1, 0.15) is 6.42 Å². The number of thioether (sulfide) groups is 1. The molecule has 1 unspecified atom stereocenters. The van der Waals surface area contributed by atoms with Gasteiger partial charge in [-0.15, -0.1) is 0 Å². The van der Waals surface area contributed by atoms with Crippen molar-refractivity contribution < 1.29 is 9.59 Å². The molecule has 1 rings (SSSR count). The van der Waals surface area contributed by atoms with E-state index in [0.29, 0.717) is 12.2 Å². The molecule has 1 atom stereocenters. The van der Waals surface area contributed by atoms with Gasteiger partial charge in [0.25, 0.3) is 0 Å². The number of hydrogen-bond donors (Lipinski definition) is 1. The first-order chi connectivity index (χ1) is 4.74. The standard InChI is InChI=1S/C6H9NO2S/c1-7-6(9)4-2-5(8)10-3-4/h4H,2-3H2,1H3,(H,7,9). The van der Waals surface area contributed by atoms with Crippen molar-refractivity contribution >= 4 is 22.8 Å². The second kappa shape index (κ2) is 3.05. The molecule has 0 aliphatic carbocycles. The molecular formula is C6H9NO2S. The van der Waals surface area contributed by atoms with Gasteiger partial charge in [0.15, 0.2) is 5.12 Å². The number of hydrogen-bond acceptors (Lipinski definition) is 3. The number of carbonyl (C=O) groups is 2. The van der Waals surface area contributed by atoms with Gasteiger partial charge in [-0.2, -0.15) is 0 Å². The predicted molar refractivity (Wildman–Crippen MR) is 39.6 cm³/mol. The molecule has 0 bridgehead atoms. The Labute approximate surface area is 63.6 Å². The summed E-state index contributed by atoms with van der Waals surface area (Å²) < 4.78 is 0. The lowest BCUT2D eigenvalue weighted by atomic mass is 10.1. The zero-order chi connectivity index (χ0) is 7.56. The SMILES string of the molecule is CNC(=O)C1CSC(=O)C1. The van der Waals surface area contributed by atoms with E-state index in [1.54, 1.807) is 7.05 Å². The van der Waals surface area contributed by atoms with Crippen LogP contribution < -0.4 is 5.32 Å². The maximum atomic E-state index is 10.9. The molecule has 0 spiro atoms. The average molecular weight is 159 g/mol. The molecule has 1 amide bonds. The first-order valence-corrected chi connectivity index (χ1v) is 4.10. The van der Waals surface area contributed by atoms with Crippen LogP contribution in [-0.2, 0) is 9.59 Å². The van der Waals surface area contributed by atoms with Crippen molar-refractivity contribution in [3.63, 3.8) is 0 Å². The Morgan fingerprint density at radius 3 is 2.90 bits per heavy atom. The van der Waals surface area contributed by atoms with Gasteiger partial charge in [0.2, 0.25) is 5.91 Å². The Bertz CT molecular complexity index is 169. The molecule has 4 heteroatoms. The van der Waals surface area contributed by atoms with E-state index in [-0.39, 0.29) is 16.9 Å². The third-order valence-electron chi connectivity index (χ3n) is 1.48. The minimum Gasteiger partial charge on any atom is -0.359 e. The average Bonchev–Trinajstić information content (AvgIpc) is 2.34. The van der Waals surface area contributed by atoms with Crippen LogP contribution >= 0.6 is 11.8 Å². The normalized spacial score (nSPS) is 24.9. The minimum absolute atomic E-state index is 0.0154. The molecule has 1 N–H and O–H groups in total. The topological polar surface area (TPSA) is 46.2 Å². The lowest BCUT2D eigenvalue weighted by molar-refractivity contribution is -0.125. The lowest BCUT2D eigenvalue weighted by Gasteiger charge is -2.02. The highest BCUT2D eigenvalue weighted by molar-refractivity contribution is 8.14. The summed E-state index contributed by atoms with van der Waals surface area (Å²) in [4.78, 5) is 21.5. The van der Waals surface area contributed by atoms with Gasteiger partial charge < -0.3 is 5.32 Å². The summed E-state index contributed by atoms with van der Waals surface area (Å²) in [6, 6.07) is 0. The molecule has 1 saturated heterocycles. The summed E-state index contributed by atoms with van der Waals surface area (Å²) in [7, 11) is 1.59. The van der Waals surface area contributed by atoms with Gasteiger partial charge in [-0.25, -0.2) is 0 Å². The number of amides is 1. The van der Waals surface area contributed by atoms with Gasteiger partial charge >= 0.3 is 0 Å². The predicted octanol–water partition coefficient (Wildman–Crippen LogP) is 0.0121. The molecule has 0 aromatic carbocycles. The van der Waals surface area contributed by atoms with Crippen LogP contribution in [0, 0.1) is 5.92 Å². The molecule has 1 aliphatic rings. The van der Waals surface area contributed by atoms with E-state index >= 15 is 0 Å². The zero-order valence-corrected chi connectivity index (χ0v) is 6.53. The van der Waals surface area contributed by atoms with Crippen molar-refractivity contribution in [3.05, 3.63) is 0 Å². The summed E-state index contributed by atoms with van der Waals surface area (Å²) in [6.45, 7) is 0. The minimum atomic E-state index is -0.0810. The fourth-order valence-electron chi connectivity index (χ4n) is 0.885. The summed E-state index contributed by atoms with van der Waals surface area (Å²) in [5.41, 5.74) is 0. The maximum absolute atomic E-state index is 10.9. The van der Waals surface area contributed by atoms with E-state index < -0.39 is 0 Å². The van der Waals surface area contributed by atoms with Gasteiger partial charge in [0, 0.05) is 19.2 Å². The molecule has 1 aliphatic heterocycles. The van der Waals surface area contributed by atoms with Gasteiger partial charge in [0.1, 0.15) is 0 Å². The van der Waals surface area contributed by atoms with Gasteiger partial charge in [-0.3, -0.25) is 9.59 Å². The Morgan fingerprint density at radius 2 is 2.50 bits per heavy atom. The molecule has 0 radical (unpaired) electrons. The maximum Gasteiger partial charge on any atom is 0.224 e. The van der Waals surface area contributed by atoms with E-state index in [9.17, 15) is 9.59 Å². The Balaban J connectivity index is 2.44. The van der Waals surface area contributed by atoms with Gasteiger partial charge in [0.05, 0.1) is 5.92 Å². The molecule has 10 heavy (non-hydrogen) atoms. The largest absolute Gasteiger partial charge is 0.359 e. The summed E-state index contributed by atoms with van der Waals surface area (Å²) in [5, 5.41) is 2.66. The summed E-state index contributed by atoms with van der Waals surface area (Å²) in [6.07, 6.45) is 0.407. The molecule has 1 fully saturated rings. The summed E-state index contributed by atoms with van der Waals surface area (Å²) >= 11 is 1.25. The van der Waals surface area contributed by atoms with Crippen LogP contribution in [0.15, 0.2) is 0 Å². The van der Waals surface area contributed by atoms with Crippen LogP contribution in [0.4, 0.5) is 0 Å². The zero-order valence-electron chi connectivity index (χ0n) is 5.72. The van der Waals surface area contributed by atoms with Crippen molar-refractivity contribution in [1.82, 2.24) is 5.32 Å². The fraction of sp³-hybridized carbons (Fsp3) is 0.667. The molecule has 1 heterocycles. The monoisotopic (exact) mass is 159 g/mol. The Kier molecular flexibility index (Phi) is 2.32. The molecule has 3 nitrogen and oxygen atoms in total. The van der Waals surface area contributed by atoms with Gasteiger partial charge in [-0.05, 0) is 0 Å². The van der Waals surface area contributed by atoms with Crippen LogP contribution in [0.3, 0.4) is 0 Å². The highest BCUT2D eigenvalue weighted by Gasteiger charge is 2.27. The Hall–Kier alpha value is -0.510. The first-order valence-electron chi connectivity index (χ1n) is 3.11. The third-order valence-corrected chi connectivity index (χ3v) is 2.53. The summed E-state index contributed by atoms with van der Waals surface area (Å²) in [5.74, 6) is 0.555. The van der Waals surface area contributed by atoms with Crippen LogP contribution in [0.2, 0.25) is 0 Å². The Morgan fingerprint density at radius 1 is 1.80 bits per heavy atom. The van der Waals surface area contributed by atoms with Crippen molar-refractivity contribution in [3.8, 4) is 0 Å². The van der Waals surface area contributed by atoms with Crippen molar-refractivity contribution in [2.75, 3.05) is 12.8 Å². The van der Waals surface area contributed by atoms with E-state index in [2.05, 4.69) is 5.32 Å². The van der Waals surface area contributed by atoms with Crippen molar-refractivity contribution in [2.45, 2.75) is 6.42 Å². The molecule has 0 saturated carbocycles. The second-order valence-corrected chi connectivity index (χ2v) is 3.28. The molecule has 56 valence electrons. The smallest absolute Gasteiger partial charge is 0.224 e. The van der Waals surface area contributed by atoms with E-state index in [4.69, 9.17) is 0 Å². The van der Waals surface area contributed by atoms with Crippen LogP contribution in [0.25, 0.3) is 0 Å². The quantitative estimate of drug-likeness (QED) is 0.586. The van der Waals surface area contributed by atoms with Crippen molar-refractivity contribution in [2.24, 2.45) is 5.92 Å². The van der Waals surface area contributed by atoms with Crippen LogP contribution in [-0.4, -0.2) is 23.8 Å². The number of carbonyl (C=O) groups excluding carboxylic acids is 2. The second-order valence-electron chi connectivity index (χ2n) is 2.20. The highest BCUT2D eigenvalue weighted by Crippen LogP contribution is 2.24. The molecule has 0 aromatic heterocycles. The fourth-order valence-corrected chi connectivity index (χ4v) is 1.86. The van der Waals surface area contributed by atoms with Gasteiger partial charge in [-0.1, -0.05) is 11.8 Å². The van der Waals surface area contributed by atoms with Crippen molar-refractivity contribution in [1.29, 1.82) is 0 Å².